The third-order valence-corrected chi connectivity index (χ3v) is 2.88. The van der Waals surface area contributed by atoms with E-state index in [1.807, 2.05) is 6.08 Å². The summed E-state index contributed by atoms with van der Waals surface area (Å²) in [5, 5.41) is 8.62. The zero-order chi connectivity index (χ0) is 12.1. The lowest BCUT2D eigenvalue weighted by Gasteiger charge is -2.12. The molecule has 0 saturated heterocycles. The molecule has 0 rings (SSSR count). The molecule has 0 aromatic rings. The number of unbranched alkanes of at least 4 members (excludes halogenated alkanes) is 5. The molecule has 0 bridgehead atoms. The van der Waals surface area contributed by atoms with Crippen molar-refractivity contribution >= 4 is 0 Å². The molecule has 0 fully saturated rings. The maximum absolute atomic E-state index is 8.62. The fourth-order valence-electron chi connectivity index (χ4n) is 1.81. The second-order valence-electron chi connectivity index (χ2n) is 4.30. The van der Waals surface area contributed by atoms with Gasteiger partial charge in [0, 0.05) is 7.11 Å². The van der Waals surface area contributed by atoms with E-state index in [-0.39, 0.29) is 6.61 Å². The molecule has 0 aromatic carbocycles. The summed E-state index contributed by atoms with van der Waals surface area (Å²) in [5.74, 6) is 0. The molecular weight excluding hydrogens is 200 g/mol. The summed E-state index contributed by atoms with van der Waals surface area (Å²) in [6, 6.07) is 0. The van der Waals surface area contributed by atoms with Crippen molar-refractivity contribution in [3.63, 3.8) is 0 Å². The van der Waals surface area contributed by atoms with Gasteiger partial charge in [-0.15, -0.1) is 0 Å². The first-order valence-electron chi connectivity index (χ1n) is 6.63. The Labute approximate surface area is 101 Å². The number of rotatable bonds is 11. The van der Waals surface area contributed by atoms with Gasteiger partial charge in [0.15, 0.2) is 0 Å². The summed E-state index contributed by atoms with van der Waals surface area (Å²) in [6.45, 7) is 2.38. The van der Waals surface area contributed by atoms with Gasteiger partial charge in [-0.25, -0.2) is 0 Å². The van der Waals surface area contributed by atoms with Crippen LogP contribution in [0.15, 0.2) is 12.2 Å². The highest BCUT2D eigenvalue weighted by molar-refractivity contribution is 4.83. The number of ether oxygens (including phenoxy) is 1. The molecule has 0 saturated carbocycles. The first kappa shape index (κ1) is 15.7. The standard InChI is InChI=1S/C14H28O2/c1-3-4-5-6-7-8-11-14(16-2)12-9-10-13-15/h9-10,14-15H,3-8,11-13H2,1-2H3/b10-9+. The zero-order valence-electron chi connectivity index (χ0n) is 11.0. The van der Waals surface area contributed by atoms with Crippen molar-refractivity contribution in [2.24, 2.45) is 0 Å². The normalized spacial score (nSPS) is 13.4. The predicted octanol–water partition coefficient (Wildman–Crippen LogP) is 3.69. The zero-order valence-corrected chi connectivity index (χ0v) is 11.0. The minimum absolute atomic E-state index is 0.132. The Morgan fingerprint density at radius 3 is 2.38 bits per heavy atom. The highest BCUT2D eigenvalue weighted by atomic mass is 16.5. The first-order valence-corrected chi connectivity index (χ1v) is 6.63. The van der Waals surface area contributed by atoms with Crippen LogP contribution in [0.2, 0.25) is 0 Å². The first-order chi connectivity index (χ1) is 7.85. The molecule has 96 valence electrons. The summed E-state index contributed by atoms with van der Waals surface area (Å²) in [4.78, 5) is 0. The van der Waals surface area contributed by atoms with Gasteiger partial charge in [0.25, 0.3) is 0 Å². The van der Waals surface area contributed by atoms with E-state index < -0.39 is 0 Å². The SMILES string of the molecule is CCCCCCCCC(C/C=C/CO)OC. The minimum atomic E-state index is 0.132. The van der Waals surface area contributed by atoms with Gasteiger partial charge < -0.3 is 9.84 Å². The van der Waals surface area contributed by atoms with Crippen LogP contribution in [0, 0.1) is 0 Å². The second-order valence-corrected chi connectivity index (χ2v) is 4.30. The molecule has 2 heteroatoms. The van der Waals surface area contributed by atoms with Crippen molar-refractivity contribution in [2.75, 3.05) is 13.7 Å². The van der Waals surface area contributed by atoms with Gasteiger partial charge in [0.2, 0.25) is 0 Å². The fraction of sp³-hybridized carbons (Fsp3) is 0.857. The number of aliphatic hydroxyl groups is 1. The topological polar surface area (TPSA) is 29.5 Å². The smallest absolute Gasteiger partial charge is 0.0612 e. The van der Waals surface area contributed by atoms with Crippen molar-refractivity contribution in [3.8, 4) is 0 Å². The van der Waals surface area contributed by atoms with Crippen LogP contribution in [0.4, 0.5) is 0 Å². The van der Waals surface area contributed by atoms with E-state index in [0.29, 0.717) is 6.10 Å². The fourth-order valence-corrected chi connectivity index (χ4v) is 1.81. The quantitative estimate of drug-likeness (QED) is 0.432. The van der Waals surface area contributed by atoms with Gasteiger partial charge >= 0.3 is 0 Å². The van der Waals surface area contributed by atoms with E-state index in [0.717, 1.165) is 12.8 Å². The van der Waals surface area contributed by atoms with Crippen LogP contribution < -0.4 is 0 Å². The van der Waals surface area contributed by atoms with E-state index in [1.54, 1.807) is 13.2 Å². The van der Waals surface area contributed by atoms with Crippen LogP contribution in [-0.4, -0.2) is 24.9 Å². The average Bonchev–Trinajstić information content (AvgIpc) is 2.31. The number of aliphatic hydroxyl groups excluding tert-OH is 1. The Hall–Kier alpha value is -0.340. The molecule has 1 N–H and O–H groups in total. The van der Waals surface area contributed by atoms with Crippen molar-refractivity contribution in [1.82, 2.24) is 0 Å². The van der Waals surface area contributed by atoms with E-state index in [2.05, 4.69) is 6.92 Å². The number of hydrogen-bond donors (Lipinski definition) is 1. The van der Waals surface area contributed by atoms with Crippen molar-refractivity contribution < 1.29 is 9.84 Å². The Balaban J connectivity index is 3.36. The van der Waals surface area contributed by atoms with Gasteiger partial charge in [0.05, 0.1) is 12.7 Å². The summed E-state index contributed by atoms with van der Waals surface area (Å²) < 4.78 is 5.39. The van der Waals surface area contributed by atoms with Gasteiger partial charge in [-0.1, -0.05) is 57.6 Å². The van der Waals surface area contributed by atoms with Crippen LogP contribution in [0.1, 0.15) is 58.3 Å². The van der Waals surface area contributed by atoms with Crippen molar-refractivity contribution in [1.29, 1.82) is 0 Å². The summed E-state index contributed by atoms with van der Waals surface area (Å²) in [5.41, 5.74) is 0. The molecule has 16 heavy (non-hydrogen) atoms. The van der Waals surface area contributed by atoms with Crippen LogP contribution >= 0.6 is 0 Å². The van der Waals surface area contributed by atoms with E-state index in [9.17, 15) is 0 Å². The van der Waals surface area contributed by atoms with Gasteiger partial charge in [-0.2, -0.15) is 0 Å². The molecule has 0 amide bonds. The monoisotopic (exact) mass is 228 g/mol. The molecule has 0 aliphatic heterocycles. The van der Waals surface area contributed by atoms with Gasteiger partial charge in [0.1, 0.15) is 0 Å². The Bertz CT molecular complexity index is 155. The molecular formula is C14H28O2. The van der Waals surface area contributed by atoms with Crippen LogP contribution in [0.3, 0.4) is 0 Å². The molecule has 0 spiro atoms. The highest BCUT2D eigenvalue weighted by Crippen LogP contribution is 2.12. The van der Waals surface area contributed by atoms with Gasteiger partial charge in [-0.3, -0.25) is 0 Å². The average molecular weight is 228 g/mol. The van der Waals surface area contributed by atoms with Crippen molar-refractivity contribution in [3.05, 3.63) is 12.2 Å². The summed E-state index contributed by atoms with van der Waals surface area (Å²) in [6.07, 6.45) is 14.2. The molecule has 1 atom stereocenters. The maximum atomic E-state index is 8.62. The van der Waals surface area contributed by atoms with Gasteiger partial charge in [-0.05, 0) is 12.8 Å². The van der Waals surface area contributed by atoms with Crippen LogP contribution in [-0.2, 0) is 4.74 Å². The Morgan fingerprint density at radius 2 is 1.75 bits per heavy atom. The molecule has 2 nitrogen and oxygen atoms in total. The largest absolute Gasteiger partial charge is 0.392 e. The lowest BCUT2D eigenvalue weighted by molar-refractivity contribution is 0.0951. The maximum Gasteiger partial charge on any atom is 0.0612 e. The third-order valence-electron chi connectivity index (χ3n) is 2.88. The number of methoxy groups -OCH3 is 1. The lowest BCUT2D eigenvalue weighted by Crippen LogP contribution is -2.08. The lowest BCUT2D eigenvalue weighted by atomic mass is 10.1. The van der Waals surface area contributed by atoms with E-state index >= 15 is 0 Å². The number of hydrogen-bond acceptors (Lipinski definition) is 2. The van der Waals surface area contributed by atoms with E-state index in [4.69, 9.17) is 9.84 Å². The molecule has 0 heterocycles. The van der Waals surface area contributed by atoms with Crippen LogP contribution in [0.5, 0.6) is 0 Å². The Morgan fingerprint density at radius 1 is 1.06 bits per heavy atom. The third kappa shape index (κ3) is 10.2. The Kier molecular flexibility index (Phi) is 12.5. The summed E-state index contributed by atoms with van der Waals surface area (Å²) in [7, 11) is 1.77. The molecule has 0 aliphatic rings. The highest BCUT2D eigenvalue weighted by Gasteiger charge is 2.04. The summed E-state index contributed by atoms with van der Waals surface area (Å²) >= 11 is 0. The molecule has 0 radical (unpaired) electrons. The predicted molar refractivity (Wildman–Crippen MR) is 69.6 cm³/mol. The second kappa shape index (κ2) is 12.7. The van der Waals surface area contributed by atoms with Crippen molar-refractivity contribution in [2.45, 2.75) is 64.4 Å². The minimum Gasteiger partial charge on any atom is -0.392 e. The molecule has 1 unspecified atom stereocenters. The van der Waals surface area contributed by atoms with E-state index in [1.165, 1.54) is 38.5 Å². The molecule has 0 aliphatic carbocycles. The van der Waals surface area contributed by atoms with Crippen LogP contribution in [0.25, 0.3) is 0 Å². The molecule has 0 aromatic heterocycles.